The van der Waals surface area contributed by atoms with Crippen LogP contribution in [0.1, 0.15) is 0 Å². The summed E-state index contributed by atoms with van der Waals surface area (Å²) in [5, 5.41) is 22.3. The van der Waals surface area contributed by atoms with Gasteiger partial charge in [-0.25, -0.2) is 9.59 Å². The van der Waals surface area contributed by atoms with Crippen LogP contribution >= 0.6 is 21.6 Å². The van der Waals surface area contributed by atoms with Crippen LogP contribution in [0.15, 0.2) is 0 Å². The van der Waals surface area contributed by atoms with Gasteiger partial charge in [-0.3, -0.25) is 9.59 Å². The zero-order chi connectivity index (χ0) is 17.1. The summed E-state index contributed by atoms with van der Waals surface area (Å²) < 4.78 is 0. The van der Waals surface area contributed by atoms with Crippen LogP contribution < -0.4 is 22.1 Å². The van der Waals surface area contributed by atoms with Crippen LogP contribution in [0, 0.1) is 0 Å². The Hall–Kier alpha value is -1.58. The predicted molar refractivity (Wildman–Crippen MR) is 89.4 cm³/mol. The van der Waals surface area contributed by atoms with E-state index in [0.29, 0.717) is 0 Å². The van der Waals surface area contributed by atoms with E-state index in [1.54, 1.807) is 0 Å². The fraction of sp³-hybridized carbons (Fsp3) is 0.600. The van der Waals surface area contributed by atoms with Crippen LogP contribution in [-0.2, 0) is 19.2 Å². The third kappa shape index (κ3) is 11.9. The molecule has 0 rings (SSSR count). The molecular weight excluding hydrogens is 368 g/mol. The van der Waals surface area contributed by atoms with Crippen molar-refractivity contribution in [3.8, 4) is 0 Å². The summed E-state index contributed by atoms with van der Waals surface area (Å²) in [7, 11) is 2.11. The van der Waals surface area contributed by atoms with Gasteiger partial charge in [-0.15, -0.1) is 0 Å². The van der Waals surface area contributed by atoms with Gasteiger partial charge in [-0.05, 0) is 0 Å². The Morgan fingerprint density at radius 3 is 1.29 bits per heavy atom. The molecule has 0 aromatic heterocycles. The third-order valence-corrected chi connectivity index (χ3v) is 4.61. The molecule has 0 aromatic rings. The van der Waals surface area contributed by atoms with E-state index in [4.69, 9.17) is 21.7 Å². The van der Waals surface area contributed by atoms with Gasteiger partial charge in [0.05, 0.1) is 13.1 Å². The number of hydrogen-bond donors (Lipinski definition) is 6. The number of nitrogens with two attached hydrogens (primary N) is 2. The molecule has 0 aliphatic heterocycles. The lowest BCUT2D eigenvalue weighted by molar-refractivity contribution is -0.141. The zero-order valence-corrected chi connectivity index (χ0v) is 14.1. The van der Waals surface area contributed by atoms with E-state index in [-0.39, 0.29) is 35.5 Å². The first-order valence-corrected chi connectivity index (χ1v) is 8.49. The minimum Gasteiger partial charge on any atom is -0.480 e. The monoisotopic (exact) mass is 390 g/mol. The topological polar surface area (TPSA) is 248 Å². The van der Waals surface area contributed by atoms with Crippen LogP contribution in [0.2, 0.25) is 0 Å². The van der Waals surface area contributed by atoms with Crippen LogP contribution in [0.25, 0.3) is 0 Å². The van der Waals surface area contributed by atoms with Crippen molar-refractivity contribution >= 4 is 45.3 Å². The molecule has 0 saturated heterocycles. The molecule has 0 aliphatic carbocycles. The molecule has 14 heteroatoms. The Morgan fingerprint density at radius 1 is 0.792 bits per heavy atom. The minimum atomic E-state index is -1.22. The summed E-state index contributed by atoms with van der Waals surface area (Å²) in [6, 6.07) is -2.26. The smallest absolute Gasteiger partial charge is 0.327 e. The van der Waals surface area contributed by atoms with E-state index in [9.17, 15) is 19.2 Å². The number of carbonyl (C=O) groups excluding carboxylic acids is 2. The van der Waals surface area contributed by atoms with Crippen molar-refractivity contribution in [2.24, 2.45) is 11.5 Å². The van der Waals surface area contributed by atoms with Crippen molar-refractivity contribution < 1.29 is 40.3 Å². The summed E-state index contributed by atoms with van der Waals surface area (Å²) in [6.45, 7) is -0.651. The van der Waals surface area contributed by atoms with Gasteiger partial charge < -0.3 is 43.3 Å². The van der Waals surface area contributed by atoms with E-state index < -0.39 is 35.8 Å². The van der Waals surface area contributed by atoms with Gasteiger partial charge in [0.25, 0.3) is 0 Å². The van der Waals surface area contributed by atoms with Crippen LogP contribution in [0.4, 0.5) is 0 Å². The Bertz CT molecular complexity index is 388. The quantitative estimate of drug-likeness (QED) is 0.146. The molecule has 0 bridgehead atoms. The number of carbonyl (C=O) groups is 4. The maximum absolute atomic E-state index is 11.1. The molecule has 0 aromatic carbocycles. The molecule has 2 atom stereocenters. The summed E-state index contributed by atoms with van der Waals surface area (Å²) in [5.41, 5.74) is 10.2. The van der Waals surface area contributed by atoms with Crippen molar-refractivity contribution in [1.29, 1.82) is 0 Å². The van der Waals surface area contributed by atoms with Gasteiger partial charge >= 0.3 is 11.9 Å². The maximum Gasteiger partial charge on any atom is 0.327 e. The molecule has 12 nitrogen and oxygen atoms in total. The second-order valence-electron chi connectivity index (χ2n) is 3.89. The molecule has 0 heterocycles. The molecule has 24 heavy (non-hydrogen) atoms. The molecule has 0 saturated carbocycles. The van der Waals surface area contributed by atoms with Crippen molar-refractivity contribution in [2.45, 2.75) is 12.1 Å². The van der Waals surface area contributed by atoms with Crippen LogP contribution in [0.5, 0.6) is 0 Å². The summed E-state index contributed by atoms with van der Waals surface area (Å²) >= 11 is 0. The lowest BCUT2D eigenvalue weighted by Gasteiger charge is -2.15. The standard InChI is InChI=1S/C10H18N4O6S2.2H2O/c11-1-7(15)13-5(9(17)18)3-21-22-4-6(10(19)20)14-8(16)2-12;;/h5-6H,1-4,11-12H2,(H,13,15)(H,14,16)(H,17,18)(H,19,20);2*1H2/t5-,6-;;/m0../s1. The van der Waals surface area contributed by atoms with Crippen molar-refractivity contribution in [3.05, 3.63) is 0 Å². The summed E-state index contributed by atoms with van der Waals surface area (Å²) in [6.07, 6.45) is 0. The fourth-order valence-corrected chi connectivity index (χ4v) is 3.40. The van der Waals surface area contributed by atoms with Gasteiger partial charge in [-0.2, -0.15) is 0 Å². The predicted octanol–water partition coefficient (Wildman–Crippen LogP) is -4.23. The van der Waals surface area contributed by atoms with Crippen LogP contribution in [-0.4, -0.2) is 81.6 Å². The van der Waals surface area contributed by atoms with Crippen molar-refractivity contribution in [2.75, 3.05) is 24.6 Å². The van der Waals surface area contributed by atoms with Crippen molar-refractivity contribution in [1.82, 2.24) is 10.6 Å². The van der Waals surface area contributed by atoms with Gasteiger partial charge in [0.2, 0.25) is 11.8 Å². The highest BCUT2D eigenvalue weighted by molar-refractivity contribution is 8.76. The van der Waals surface area contributed by atoms with E-state index in [1.807, 2.05) is 0 Å². The minimum absolute atomic E-state index is 0. The zero-order valence-electron chi connectivity index (χ0n) is 12.5. The number of nitrogens with one attached hydrogen (secondary N) is 2. The van der Waals surface area contributed by atoms with Crippen molar-refractivity contribution in [3.63, 3.8) is 0 Å². The highest BCUT2D eigenvalue weighted by atomic mass is 33.1. The molecular formula is C10H22N4O8S2. The third-order valence-electron chi connectivity index (χ3n) is 2.19. The Labute approximate surface area is 145 Å². The Kier molecular flexibility index (Phi) is 17.0. The van der Waals surface area contributed by atoms with Crippen LogP contribution in [0.3, 0.4) is 0 Å². The number of amides is 2. The first kappa shape index (κ1) is 27.3. The van der Waals surface area contributed by atoms with Gasteiger partial charge in [0.1, 0.15) is 12.1 Å². The largest absolute Gasteiger partial charge is 0.480 e. The highest BCUT2D eigenvalue weighted by Gasteiger charge is 2.22. The normalized spacial score (nSPS) is 11.9. The van der Waals surface area contributed by atoms with E-state index in [0.717, 1.165) is 21.6 Å². The first-order chi connectivity index (χ1) is 10.3. The molecule has 0 radical (unpaired) electrons. The summed E-state index contributed by atoms with van der Waals surface area (Å²) in [5.74, 6) is -3.61. The summed E-state index contributed by atoms with van der Waals surface area (Å²) in [4.78, 5) is 44.0. The average Bonchev–Trinajstić information content (AvgIpc) is 2.47. The van der Waals surface area contributed by atoms with Gasteiger partial charge in [-0.1, -0.05) is 21.6 Å². The van der Waals surface area contributed by atoms with Gasteiger partial charge in [0, 0.05) is 11.5 Å². The molecule has 142 valence electrons. The SMILES string of the molecule is NCC(=O)N[C@@H](CSSC[C@H](NC(=O)CN)C(=O)O)C(=O)O.O.O. The number of hydrogen-bond acceptors (Lipinski definition) is 8. The molecule has 0 spiro atoms. The molecule has 2 amide bonds. The second kappa shape index (κ2) is 15.0. The molecule has 0 fully saturated rings. The maximum atomic E-state index is 11.1. The number of aliphatic carboxylic acids is 2. The van der Waals surface area contributed by atoms with E-state index >= 15 is 0 Å². The first-order valence-electron chi connectivity index (χ1n) is 6.00. The molecule has 0 unspecified atom stereocenters. The lowest BCUT2D eigenvalue weighted by Crippen LogP contribution is -2.45. The molecule has 0 aliphatic rings. The Morgan fingerprint density at radius 2 is 1.08 bits per heavy atom. The van der Waals surface area contributed by atoms with Gasteiger partial charge in [0.15, 0.2) is 0 Å². The highest BCUT2D eigenvalue weighted by Crippen LogP contribution is 2.23. The molecule has 12 N–H and O–H groups in total. The Balaban J connectivity index is -0.00000220. The number of carboxylic acids is 2. The number of carboxylic acid groups (broad SMARTS) is 2. The van der Waals surface area contributed by atoms with E-state index in [2.05, 4.69) is 10.6 Å². The fourth-order valence-electron chi connectivity index (χ4n) is 1.09. The lowest BCUT2D eigenvalue weighted by atomic mass is 10.3. The van der Waals surface area contributed by atoms with E-state index in [1.165, 1.54) is 0 Å². The second-order valence-corrected chi connectivity index (χ2v) is 6.45. The average molecular weight is 390 g/mol. The number of rotatable bonds is 11.